The lowest BCUT2D eigenvalue weighted by molar-refractivity contribution is -0.595. The molecule has 4 heteroatoms. The first-order valence-corrected chi connectivity index (χ1v) is 14.0. The number of hydrogen-bond donors (Lipinski definition) is 1. The van der Waals surface area contributed by atoms with Crippen LogP contribution in [0.5, 0.6) is 0 Å². The highest BCUT2D eigenvalue weighted by atomic mass is 16.2. The van der Waals surface area contributed by atoms with Gasteiger partial charge in [-0.3, -0.25) is 9.59 Å². The Morgan fingerprint density at radius 2 is 1.56 bits per heavy atom. The predicted octanol–water partition coefficient (Wildman–Crippen LogP) is 6.69. The third-order valence-electron chi connectivity index (χ3n) is 9.07. The fourth-order valence-corrected chi connectivity index (χ4v) is 6.68. The van der Waals surface area contributed by atoms with E-state index >= 15 is 0 Å². The molecule has 1 aliphatic rings. The van der Waals surface area contributed by atoms with Crippen molar-refractivity contribution in [1.82, 2.24) is 5.32 Å². The molecule has 4 nitrogen and oxygen atoms in total. The molecule has 0 bridgehead atoms. The summed E-state index contributed by atoms with van der Waals surface area (Å²) in [4.78, 5) is 24.9. The summed E-state index contributed by atoms with van der Waals surface area (Å²) in [5.41, 5.74) is 2.47. The summed E-state index contributed by atoms with van der Waals surface area (Å²) >= 11 is 0. The van der Waals surface area contributed by atoms with Crippen molar-refractivity contribution in [3.63, 3.8) is 0 Å². The van der Waals surface area contributed by atoms with Gasteiger partial charge in [-0.1, -0.05) is 59.7 Å². The van der Waals surface area contributed by atoms with Crippen LogP contribution in [-0.2, 0) is 16.1 Å². The molecule has 0 aliphatic heterocycles. The molecule has 1 fully saturated rings. The van der Waals surface area contributed by atoms with Crippen molar-refractivity contribution >= 4 is 11.7 Å². The molecule has 4 atom stereocenters. The Morgan fingerprint density at radius 1 is 0.917 bits per heavy atom. The number of carbonyl (C=O) groups is 2. The molecule has 1 aliphatic carbocycles. The number of aromatic nitrogens is 1. The van der Waals surface area contributed by atoms with Gasteiger partial charge in [-0.15, -0.1) is 0 Å². The maximum absolute atomic E-state index is 12.6. The standard InChI is InChI=1S/C32H46N2O2/c1-23(2)29-17-18-30(32(29,6)24(3)4)25(5)10-15-28(35)16-19-31(36)33-22-26-11-13-27(14-12-26)34-20-8-7-9-21-34/h7-9,11-14,20-21,23-25,29-30H,10,15-19,22H2,1-6H3/p+1. The second-order valence-electron chi connectivity index (χ2n) is 11.8. The molecule has 196 valence electrons. The molecule has 0 spiro atoms. The Labute approximate surface area is 218 Å². The van der Waals surface area contributed by atoms with E-state index in [1.807, 2.05) is 59.4 Å². The minimum absolute atomic E-state index is 0.0548. The van der Waals surface area contributed by atoms with Gasteiger partial charge in [0.15, 0.2) is 12.4 Å². The summed E-state index contributed by atoms with van der Waals surface area (Å²) in [7, 11) is 0. The smallest absolute Gasteiger partial charge is 0.220 e. The van der Waals surface area contributed by atoms with Gasteiger partial charge in [0, 0.05) is 50.1 Å². The van der Waals surface area contributed by atoms with E-state index in [1.165, 1.54) is 12.8 Å². The lowest BCUT2D eigenvalue weighted by atomic mass is 9.60. The van der Waals surface area contributed by atoms with E-state index in [9.17, 15) is 9.59 Å². The van der Waals surface area contributed by atoms with Gasteiger partial charge in [-0.05, 0) is 59.8 Å². The molecule has 1 N–H and O–H groups in total. The molecule has 1 heterocycles. The normalized spacial score (nSPS) is 22.7. The Kier molecular flexibility index (Phi) is 9.87. The zero-order valence-corrected chi connectivity index (χ0v) is 23.3. The summed E-state index contributed by atoms with van der Waals surface area (Å²) in [6.45, 7) is 14.8. The van der Waals surface area contributed by atoms with Crippen LogP contribution >= 0.6 is 0 Å². The summed E-state index contributed by atoms with van der Waals surface area (Å²) in [5.74, 6) is 3.48. The molecule has 1 saturated carbocycles. The minimum Gasteiger partial charge on any atom is -0.352 e. The third kappa shape index (κ3) is 6.83. The number of Topliss-reactive ketones (excluding diaryl/α,β-unsaturated/α-hetero) is 1. The van der Waals surface area contributed by atoms with E-state index in [-0.39, 0.29) is 18.1 Å². The summed E-state index contributed by atoms with van der Waals surface area (Å²) in [6, 6.07) is 14.1. The second kappa shape index (κ2) is 12.7. The predicted molar refractivity (Wildman–Crippen MR) is 146 cm³/mol. The average Bonchev–Trinajstić information content (AvgIpc) is 3.24. The van der Waals surface area contributed by atoms with Crippen molar-refractivity contribution in [3.8, 4) is 5.69 Å². The first-order chi connectivity index (χ1) is 17.1. The quantitative estimate of drug-likeness (QED) is 0.336. The van der Waals surface area contributed by atoms with E-state index in [0.29, 0.717) is 48.5 Å². The van der Waals surface area contributed by atoms with Crippen LogP contribution in [0, 0.1) is 35.0 Å². The summed E-state index contributed by atoms with van der Waals surface area (Å²) in [5, 5.41) is 2.96. The van der Waals surface area contributed by atoms with Crippen LogP contribution in [0.3, 0.4) is 0 Å². The van der Waals surface area contributed by atoms with Gasteiger partial charge < -0.3 is 5.32 Å². The van der Waals surface area contributed by atoms with Crippen LogP contribution in [0.1, 0.15) is 85.6 Å². The van der Waals surface area contributed by atoms with Crippen LogP contribution in [0.25, 0.3) is 5.69 Å². The molecule has 36 heavy (non-hydrogen) atoms. The highest BCUT2D eigenvalue weighted by Crippen LogP contribution is 2.58. The number of benzene rings is 1. The maximum atomic E-state index is 12.6. The monoisotopic (exact) mass is 491 g/mol. The molecule has 1 amide bonds. The first-order valence-electron chi connectivity index (χ1n) is 14.0. The fourth-order valence-electron chi connectivity index (χ4n) is 6.68. The van der Waals surface area contributed by atoms with E-state index in [0.717, 1.165) is 23.6 Å². The third-order valence-corrected chi connectivity index (χ3v) is 9.07. The van der Waals surface area contributed by atoms with E-state index in [2.05, 4.69) is 46.9 Å². The van der Waals surface area contributed by atoms with Gasteiger partial charge in [0.05, 0.1) is 0 Å². The molecule has 0 radical (unpaired) electrons. The Balaban J connectivity index is 1.40. The van der Waals surface area contributed by atoms with Crippen molar-refractivity contribution in [3.05, 3.63) is 60.4 Å². The topological polar surface area (TPSA) is 50.1 Å². The van der Waals surface area contributed by atoms with E-state index in [4.69, 9.17) is 0 Å². The number of pyridine rings is 1. The van der Waals surface area contributed by atoms with E-state index < -0.39 is 0 Å². The van der Waals surface area contributed by atoms with Crippen molar-refractivity contribution < 1.29 is 14.2 Å². The Bertz CT molecular complexity index is 983. The van der Waals surface area contributed by atoms with Crippen molar-refractivity contribution in [2.24, 2.45) is 35.0 Å². The van der Waals surface area contributed by atoms with Crippen molar-refractivity contribution in [1.29, 1.82) is 0 Å². The molecular formula is C32H47N2O2+. The number of amides is 1. The molecule has 1 aromatic heterocycles. The maximum Gasteiger partial charge on any atom is 0.220 e. The highest BCUT2D eigenvalue weighted by Gasteiger charge is 2.50. The van der Waals surface area contributed by atoms with Gasteiger partial charge in [0.1, 0.15) is 5.78 Å². The lowest BCUT2D eigenvalue weighted by Gasteiger charge is -2.45. The van der Waals surface area contributed by atoms with Gasteiger partial charge in [0.2, 0.25) is 11.6 Å². The lowest BCUT2D eigenvalue weighted by Crippen LogP contribution is -2.39. The number of nitrogens with one attached hydrogen (secondary N) is 1. The van der Waals surface area contributed by atoms with Gasteiger partial charge in [-0.2, -0.15) is 4.57 Å². The fraction of sp³-hybridized carbons (Fsp3) is 0.594. The highest BCUT2D eigenvalue weighted by molar-refractivity contribution is 5.84. The number of nitrogens with zero attached hydrogens (tertiary/aromatic N) is 1. The zero-order valence-electron chi connectivity index (χ0n) is 23.3. The van der Waals surface area contributed by atoms with Crippen LogP contribution in [0.4, 0.5) is 0 Å². The largest absolute Gasteiger partial charge is 0.352 e. The van der Waals surface area contributed by atoms with Crippen molar-refractivity contribution in [2.45, 2.75) is 86.6 Å². The molecule has 1 aromatic carbocycles. The van der Waals surface area contributed by atoms with Crippen LogP contribution in [0.15, 0.2) is 54.9 Å². The zero-order chi connectivity index (χ0) is 26.3. The molecule has 3 rings (SSSR count). The number of carbonyl (C=O) groups excluding carboxylic acids is 2. The van der Waals surface area contributed by atoms with Crippen LogP contribution in [-0.4, -0.2) is 11.7 Å². The van der Waals surface area contributed by atoms with Crippen molar-refractivity contribution in [2.75, 3.05) is 0 Å². The average molecular weight is 492 g/mol. The first kappa shape index (κ1) is 28.1. The summed E-state index contributed by atoms with van der Waals surface area (Å²) in [6.07, 6.45) is 8.73. The summed E-state index contributed by atoms with van der Waals surface area (Å²) < 4.78 is 2.05. The number of rotatable bonds is 12. The van der Waals surface area contributed by atoms with E-state index in [1.54, 1.807) is 0 Å². The van der Waals surface area contributed by atoms with Crippen LogP contribution < -0.4 is 9.88 Å². The van der Waals surface area contributed by atoms with Crippen LogP contribution in [0.2, 0.25) is 0 Å². The molecule has 4 unspecified atom stereocenters. The van der Waals surface area contributed by atoms with Gasteiger partial charge >= 0.3 is 0 Å². The Hall–Kier alpha value is -2.49. The Morgan fingerprint density at radius 3 is 2.17 bits per heavy atom. The number of hydrogen-bond acceptors (Lipinski definition) is 2. The number of ketones is 1. The molecule has 0 saturated heterocycles. The molecule has 2 aromatic rings. The van der Waals surface area contributed by atoms with Gasteiger partial charge in [-0.25, -0.2) is 0 Å². The molecular weight excluding hydrogens is 444 g/mol. The van der Waals surface area contributed by atoms with Gasteiger partial charge in [0.25, 0.3) is 0 Å². The minimum atomic E-state index is -0.0548. The SMILES string of the molecule is CC(C)C1CCC(C(C)CCC(=O)CCC(=O)NCc2ccc(-[n+]3ccccc3)cc2)C1(C)C(C)C. The second-order valence-corrected chi connectivity index (χ2v) is 11.8.